The van der Waals surface area contributed by atoms with Crippen LogP contribution in [0.2, 0.25) is 0 Å². The summed E-state index contributed by atoms with van der Waals surface area (Å²) in [5, 5.41) is 2.67. The molecule has 146 valence electrons. The van der Waals surface area contributed by atoms with Crippen LogP contribution in [0.1, 0.15) is 23.1 Å². The van der Waals surface area contributed by atoms with E-state index in [1.54, 1.807) is 11.0 Å². The summed E-state index contributed by atoms with van der Waals surface area (Å²) in [5.74, 6) is -0.216. The summed E-state index contributed by atoms with van der Waals surface area (Å²) in [6.07, 6.45) is 1.09. The predicted octanol–water partition coefficient (Wildman–Crippen LogP) is 1.43. The molecule has 0 saturated carbocycles. The molecule has 2 aromatic rings. The van der Waals surface area contributed by atoms with Crippen molar-refractivity contribution in [3.8, 4) is 0 Å². The molecule has 0 fully saturated rings. The second-order valence-corrected chi connectivity index (χ2v) is 8.79. The van der Waals surface area contributed by atoms with E-state index in [1.807, 2.05) is 18.2 Å². The Hall–Kier alpha value is -2.71. The van der Waals surface area contributed by atoms with Gasteiger partial charge < -0.3 is 10.2 Å². The van der Waals surface area contributed by atoms with E-state index < -0.39 is 10.0 Å². The Bertz CT molecular complexity index is 1050. The molecule has 2 heterocycles. The van der Waals surface area contributed by atoms with Gasteiger partial charge in [-0.1, -0.05) is 24.3 Å². The number of carbonyl (C=O) groups excluding carboxylic acids is 2. The van der Waals surface area contributed by atoms with Gasteiger partial charge in [0, 0.05) is 31.7 Å². The third-order valence-corrected chi connectivity index (χ3v) is 6.59. The van der Waals surface area contributed by atoms with E-state index in [4.69, 9.17) is 0 Å². The first-order valence-corrected chi connectivity index (χ1v) is 10.7. The Morgan fingerprint density at radius 3 is 2.71 bits per heavy atom. The van der Waals surface area contributed by atoms with Gasteiger partial charge in [-0.25, -0.2) is 13.1 Å². The van der Waals surface area contributed by atoms with Crippen LogP contribution < -0.4 is 10.0 Å². The number of fused-ring (bicyclic) bond motifs is 2. The zero-order chi connectivity index (χ0) is 19.7. The maximum Gasteiger partial charge on any atom is 0.240 e. The van der Waals surface area contributed by atoms with Crippen LogP contribution in [-0.4, -0.2) is 38.2 Å². The number of benzene rings is 2. The topological polar surface area (TPSA) is 95.6 Å². The van der Waals surface area contributed by atoms with Crippen molar-refractivity contribution in [2.45, 2.75) is 30.7 Å². The SMILES string of the molecule is O=C1Cc2cc(S(=O)(=O)NCCC(=O)N3CCc4ccccc4C3)ccc2N1. The second kappa shape index (κ2) is 7.37. The van der Waals surface area contributed by atoms with Gasteiger partial charge in [0.05, 0.1) is 11.3 Å². The zero-order valence-corrected chi connectivity index (χ0v) is 16.1. The first-order valence-electron chi connectivity index (χ1n) is 9.19. The first-order chi connectivity index (χ1) is 13.4. The van der Waals surface area contributed by atoms with E-state index in [2.05, 4.69) is 16.1 Å². The molecule has 0 aliphatic carbocycles. The van der Waals surface area contributed by atoms with Gasteiger partial charge >= 0.3 is 0 Å². The molecule has 0 bridgehead atoms. The highest BCUT2D eigenvalue weighted by Crippen LogP contribution is 2.25. The number of carbonyl (C=O) groups is 2. The number of rotatable bonds is 5. The van der Waals surface area contributed by atoms with Crippen LogP contribution in [-0.2, 0) is 39.0 Å². The molecule has 0 saturated heterocycles. The van der Waals surface area contributed by atoms with E-state index in [-0.39, 0.29) is 36.1 Å². The molecule has 2 aliphatic heterocycles. The van der Waals surface area contributed by atoms with Gasteiger partial charge in [-0.15, -0.1) is 0 Å². The molecule has 0 radical (unpaired) electrons. The lowest BCUT2D eigenvalue weighted by Crippen LogP contribution is -2.38. The van der Waals surface area contributed by atoms with Crippen molar-refractivity contribution in [2.24, 2.45) is 0 Å². The molecular weight excluding hydrogens is 378 g/mol. The minimum atomic E-state index is -3.73. The lowest BCUT2D eigenvalue weighted by molar-refractivity contribution is -0.132. The smallest absolute Gasteiger partial charge is 0.240 e. The quantitative estimate of drug-likeness (QED) is 0.795. The molecule has 0 spiro atoms. The maximum absolute atomic E-state index is 12.5. The fourth-order valence-electron chi connectivity index (χ4n) is 3.62. The van der Waals surface area contributed by atoms with Crippen LogP contribution in [0.15, 0.2) is 47.4 Å². The molecular formula is C20H21N3O4S. The number of anilines is 1. The third kappa shape index (κ3) is 3.79. The van der Waals surface area contributed by atoms with Gasteiger partial charge in [0.25, 0.3) is 0 Å². The van der Waals surface area contributed by atoms with Gasteiger partial charge in [0.1, 0.15) is 0 Å². The van der Waals surface area contributed by atoms with Crippen molar-refractivity contribution >= 4 is 27.5 Å². The number of hydrogen-bond acceptors (Lipinski definition) is 4. The molecule has 28 heavy (non-hydrogen) atoms. The number of nitrogens with zero attached hydrogens (tertiary/aromatic N) is 1. The molecule has 7 nitrogen and oxygen atoms in total. The minimum absolute atomic E-state index is 0.0353. The highest BCUT2D eigenvalue weighted by molar-refractivity contribution is 7.89. The summed E-state index contributed by atoms with van der Waals surface area (Å²) >= 11 is 0. The average molecular weight is 399 g/mol. The Kier molecular flexibility index (Phi) is 4.91. The average Bonchev–Trinajstić information content (AvgIpc) is 3.06. The number of nitrogens with one attached hydrogen (secondary N) is 2. The fourth-order valence-corrected chi connectivity index (χ4v) is 4.70. The molecule has 2 amide bonds. The van der Waals surface area contributed by atoms with Gasteiger partial charge in [-0.05, 0) is 41.3 Å². The monoisotopic (exact) mass is 399 g/mol. The van der Waals surface area contributed by atoms with Gasteiger partial charge in [0.2, 0.25) is 21.8 Å². The maximum atomic E-state index is 12.5. The van der Waals surface area contributed by atoms with Crippen molar-refractivity contribution in [3.63, 3.8) is 0 Å². The van der Waals surface area contributed by atoms with Crippen LogP contribution in [0.5, 0.6) is 0 Å². The Morgan fingerprint density at radius 2 is 1.89 bits per heavy atom. The Balaban J connectivity index is 1.34. The molecule has 2 aromatic carbocycles. The standard InChI is InChI=1S/C20H21N3O4S/c24-19-12-16-11-17(5-6-18(16)22-19)28(26,27)21-9-7-20(25)23-10-8-14-3-1-2-4-15(14)13-23/h1-6,11,21H,7-10,12-13H2,(H,22,24). The summed E-state index contributed by atoms with van der Waals surface area (Å²) < 4.78 is 27.5. The summed E-state index contributed by atoms with van der Waals surface area (Å²) in [6, 6.07) is 12.6. The van der Waals surface area contributed by atoms with Crippen molar-refractivity contribution in [1.82, 2.24) is 9.62 Å². The third-order valence-electron chi connectivity index (χ3n) is 5.13. The molecule has 0 unspecified atom stereocenters. The predicted molar refractivity (Wildman–Crippen MR) is 104 cm³/mol. The number of hydrogen-bond donors (Lipinski definition) is 2. The summed E-state index contributed by atoms with van der Waals surface area (Å²) in [7, 11) is -3.73. The molecule has 2 N–H and O–H groups in total. The molecule has 0 atom stereocenters. The first kappa shape index (κ1) is 18.6. The highest BCUT2D eigenvalue weighted by Gasteiger charge is 2.23. The van der Waals surface area contributed by atoms with Crippen LogP contribution in [0.3, 0.4) is 0 Å². The zero-order valence-electron chi connectivity index (χ0n) is 15.3. The van der Waals surface area contributed by atoms with E-state index in [1.165, 1.54) is 17.7 Å². The van der Waals surface area contributed by atoms with Gasteiger partial charge in [0.15, 0.2) is 0 Å². The second-order valence-electron chi connectivity index (χ2n) is 7.03. The van der Waals surface area contributed by atoms with Crippen molar-refractivity contribution < 1.29 is 18.0 Å². The summed E-state index contributed by atoms with van der Waals surface area (Å²) in [5.41, 5.74) is 3.71. The van der Waals surface area contributed by atoms with Crippen molar-refractivity contribution in [3.05, 3.63) is 59.2 Å². The Morgan fingerprint density at radius 1 is 1.11 bits per heavy atom. The summed E-state index contributed by atoms with van der Waals surface area (Å²) in [4.78, 5) is 25.7. The molecule has 4 rings (SSSR count). The molecule has 2 aliphatic rings. The molecule has 8 heteroatoms. The van der Waals surface area contributed by atoms with Gasteiger partial charge in [-0.3, -0.25) is 9.59 Å². The van der Waals surface area contributed by atoms with E-state index in [9.17, 15) is 18.0 Å². The lowest BCUT2D eigenvalue weighted by atomic mass is 10.00. The fraction of sp³-hybridized carbons (Fsp3) is 0.300. The minimum Gasteiger partial charge on any atom is -0.338 e. The van der Waals surface area contributed by atoms with Crippen LogP contribution in [0, 0.1) is 0 Å². The largest absolute Gasteiger partial charge is 0.338 e. The lowest BCUT2D eigenvalue weighted by Gasteiger charge is -2.29. The number of sulfonamides is 1. The van der Waals surface area contributed by atoms with Crippen LogP contribution in [0.4, 0.5) is 5.69 Å². The van der Waals surface area contributed by atoms with Gasteiger partial charge in [-0.2, -0.15) is 0 Å². The Labute approximate surface area is 163 Å². The van der Waals surface area contributed by atoms with E-state index in [0.717, 1.165) is 12.0 Å². The van der Waals surface area contributed by atoms with Crippen molar-refractivity contribution in [2.75, 3.05) is 18.4 Å². The number of amides is 2. The van der Waals surface area contributed by atoms with Crippen LogP contribution >= 0.6 is 0 Å². The van der Waals surface area contributed by atoms with Crippen molar-refractivity contribution in [1.29, 1.82) is 0 Å². The van der Waals surface area contributed by atoms with E-state index in [0.29, 0.717) is 24.3 Å². The molecule has 0 aromatic heterocycles. The highest BCUT2D eigenvalue weighted by atomic mass is 32.2. The summed E-state index contributed by atoms with van der Waals surface area (Å²) in [6.45, 7) is 1.25. The van der Waals surface area contributed by atoms with E-state index >= 15 is 0 Å². The van der Waals surface area contributed by atoms with Crippen LogP contribution in [0.25, 0.3) is 0 Å². The normalized spacial score (nSPS) is 15.7.